The molecule has 2 atom stereocenters. The van der Waals surface area contributed by atoms with Crippen molar-refractivity contribution in [2.45, 2.75) is 38.7 Å². The number of rotatable bonds is 5. The number of anilines is 1. The fraction of sp³-hybridized carbons (Fsp3) is 0.409. The zero-order valence-electron chi connectivity index (χ0n) is 19.5. The van der Waals surface area contributed by atoms with Crippen molar-refractivity contribution in [3.63, 3.8) is 0 Å². The first-order chi connectivity index (χ1) is 16.7. The molecule has 14 heteroatoms. The Balaban J connectivity index is 1.69. The molecule has 36 heavy (non-hydrogen) atoms. The highest BCUT2D eigenvalue weighted by molar-refractivity contribution is 7.88. The fourth-order valence-corrected chi connectivity index (χ4v) is 4.85. The summed E-state index contributed by atoms with van der Waals surface area (Å²) < 4.78 is 96.1. The van der Waals surface area contributed by atoms with Crippen LogP contribution in [0.25, 0.3) is 17.1 Å². The molecule has 2 aromatic heterocycles. The molecular weight excluding hydrogens is 507 g/mol. The van der Waals surface area contributed by atoms with Gasteiger partial charge in [0.2, 0.25) is 16.0 Å². The Morgan fingerprint density at radius 1 is 1.17 bits per heavy atom. The molecule has 0 bridgehead atoms. The highest BCUT2D eigenvalue weighted by Crippen LogP contribution is 2.36. The van der Waals surface area contributed by atoms with Gasteiger partial charge < -0.3 is 9.88 Å². The molecule has 2 unspecified atom stereocenters. The van der Waals surface area contributed by atoms with Crippen molar-refractivity contribution in [3.8, 4) is 17.1 Å². The van der Waals surface area contributed by atoms with E-state index in [2.05, 4.69) is 20.3 Å². The first-order valence-electron chi connectivity index (χ1n) is 10.9. The number of hydrogen-bond donors (Lipinski definition) is 1. The first kappa shape index (κ1) is 25.9. The van der Waals surface area contributed by atoms with E-state index in [-0.39, 0.29) is 36.1 Å². The zero-order valence-corrected chi connectivity index (χ0v) is 20.3. The van der Waals surface area contributed by atoms with Crippen LogP contribution >= 0.6 is 0 Å². The van der Waals surface area contributed by atoms with Crippen molar-refractivity contribution in [2.75, 3.05) is 24.7 Å². The minimum absolute atomic E-state index is 0.0378. The van der Waals surface area contributed by atoms with Gasteiger partial charge in [0, 0.05) is 25.5 Å². The van der Waals surface area contributed by atoms with Crippen molar-refractivity contribution < 1.29 is 30.4 Å². The molecule has 0 radical (unpaired) electrons. The molecule has 0 spiro atoms. The summed E-state index contributed by atoms with van der Waals surface area (Å²) in [6.45, 7) is 2.86. The lowest BCUT2D eigenvalue weighted by Crippen LogP contribution is -2.49. The molecule has 1 saturated heterocycles. The van der Waals surface area contributed by atoms with Gasteiger partial charge in [0.1, 0.15) is 34.8 Å². The summed E-state index contributed by atoms with van der Waals surface area (Å²) in [5, 5.41) is 2.68. The Bertz CT molecular complexity index is 1390. The predicted octanol–water partition coefficient (Wildman–Crippen LogP) is 3.89. The SMILES string of the molecule is Cc1ccc(-n2cc(-c3nc(NC4CCN(S(C)(=O)=O)CC4F)ncc3C(F)(F)F)nc2C)c(F)c1. The third-order valence-electron chi connectivity index (χ3n) is 5.87. The summed E-state index contributed by atoms with van der Waals surface area (Å²) in [6.07, 6.45) is -3.59. The highest BCUT2D eigenvalue weighted by Gasteiger charge is 2.37. The molecule has 194 valence electrons. The van der Waals surface area contributed by atoms with Crippen molar-refractivity contribution in [2.24, 2.45) is 0 Å². The molecular formula is C22H23F5N6O2S. The topological polar surface area (TPSA) is 93.0 Å². The monoisotopic (exact) mass is 530 g/mol. The minimum Gasteiger partial charge on any atom is -0.348 e. The van der Waals surface area contributed by atoms with Crippen LogP contribution in [0.3, 0.4) is 0 Å². The Morgan fingerprint density at radius 3 is 2.50 bits per heavy atom. The molecule has 4 rings (SSSR count). The van der Waals surface area contributed by atoms with Crippen LogP contribution in [0.2, 0.25) is 0 Å². The van der Waals surface area contributed by atoms with E-state index in [0.29, 0.717) is 11.8 Å². The maximum Gasteiger partial charge on any atom is 0.420 e. The number of nitrogens with one attached hydrogen (secondary N) is 1. The van der Waals surface area contributed by atoms with E-state index >= 15 is 0 Å². The average Bonchev–Trinajstić information content (AvgIpc) is 3.15. The van der Waals surface area contributed by atoms with E-state index in [1.165, 1.54) is 29.8 Å². The van der Waals surface area contributed by atoms with Crippen molar-refractivity contribution in [1.29, 1.82) is 0 Å². The minimum atomic E-state index is -4.82. The molecule has 1 fully saturated rings. The van der Waals surface area contributed by atoms with E-state index < -0.39 is 52.0 Å². The summed E-state index contributed by atoms with van der Waals surface area (Å²) in [7, 11) is -3.58. The van der Waals surface area contributed by atoms with Gasteiger partial charge in [0.25, 0.3) is 0 Å². The van der Waals surface area contributed by atoms with Crippen LogP contribution in [0.4, 0.5) is 27.9 Å². The normalized spacial score (nSPS) is 19.4. The predicted molar refractivity (Wildman–Crippen MR) is 122 cm³/mol. The van der Waals surface area contributed by atoms with Crippen molar-refractivity contribution >= 4 is 16.0 Å². The third kappa shape index (κ3) is 5.33. The second-order valence-corrected chi connectivity index (χ2v) is 10.6. The first-order valence-corrected chi connectivity index (χ1v) is 12.7. The van der Waals surface area contributed by atoms with Gasteiger partial charge in [-0.3, -0.25) is 0 Å². The quantitative estimate of drug-likeness (QED) is 0.504. The van der Waals surface area contributed by atoms with Gasteiger partial charge >= 0.3 is 6.18 Å². The Kier molecular flexibility index (Phi) is 6.77. The summed E-state index contributed by atoms with van der Waals surface area (Å²) in [5.74, 6) is -0.615. The molecule has 3 aromatic rings. The van der Waals surface area contributed by atoms with E-state index in [9.17, 15) is 30.4 Å². The highest BCUT2D eigenvalue weighted by atomic mass is 32.2. The molecule has 3 heterocycles. The summed E-state index contributed by atoms with van der Waals surface area (Å²) >= 11 is 0. The van der Waals surface area contributed by atoms with Gasteiger partial charge in [-0.25, -0.2) is 32.2 Å². The Hall–Kier alpha value is -3.13. The number of alkyl halides is 4. The molecule has 0 saturated carbocycles. The van der Waals surface area contributed by atoms with Crippen LogP contribution in [-0.2, 0) is 16.2 Å². The van der Waals surface area contributed by atoms with Gasteiger partial charge in [-0.15, -0.1) is 0 Å². The lowest BCUT2D eigenvalue weighted by Gasteiger charge is -2.33. The number of aryl methyl sites for hydroxylation is 2. The van der Waals surface area contributed by atoms with Crippen LogP contribution in [0, 0.1) is 19.7 Å². The van der Waals surface area contributed by atoms with Gasteiger partial charge in [0.15, 0.2) is 0 Å². The number of sulfonamides is 1. The number of halogens is 5. The molecule has 1 aliphatic heterocycles. The van der Waals surface area contributed by atoms with E-state index in [1.807, 2.05) is 0 Å². The van der Waals surface area contributed by atoms with Crippen LogP contribution in [0.1, 0.15) is 23.4 Å². The largest absolute Gasteiger partial charge is 0.420 e. The molecule has 1 aliphatic rings. The number of imidazole rings is 1. The number of benzene rings is 1. The number of nitrogens with zero attached hydrogens (tertiary/aromatic N) is 5. The second kappa shape index (κ2) is 9.39. The summed E-state index contributed by atoms with van der Waals surface area (Å²) in [5.41, 5.74) is -1.11. The van der Waals surface area contributed by atoms with E-state index in [4.69, 9.17) is 0 Å². The zero-order chi connectivity index (χ0) is 26.4. The second-order valence-electron chi connectivity index (χ2n) is 8.63. The number of hydrogen-bond acceptors (Lipinski definition) is 6. The van der Waals surface area contributed by atoms with Crippen molar-refractivity contribution in [3.05, 3.63) is 53.4 Å². The summed E-state index contributed by atoms with van der Waals surface area (Å²) in [4.78, 5) is 11.8. The molecule has 1 aromatic carbocycles. The average molecular weight is 531 g/mol. The third-order valence-corrected chi connectivity index (χ3v) is 7.14. The fourth-order valence-electron chi connectivity index (χ4n) is 4.00. The maximum atomic E-state index is 14.7. The van der Waals surface area contributed by atoms with Gasteiger partial charge in [-0.1, -0.05) is 6.07 Å². The van der Waals surface area contributed by atoms with Crippen LogP contribution in [0.15, 0.2) is 30.6 Å². The molecule has 0 aliphatic carbocycles. The van der Waals surface area contributed by atoms with E-state index in [0.717, 1.165) is 10.6 Å². The number of piperidine rings is 1. The van der Waals surface area contributed by atoms with Crippen LogP contribution in [0.5, 0.6) is 0 Å². The molecule has 0 amide bonds. The smallest absolute Gasteiger partial charge is 0.348 e. The lowest BCUT2D eigenvalue weighted by atomic mass is 10.1. The number of aromatic nitrogens is 4. The maximum absolute atomic E-state index is 14.7. The standard InChI is InChI=1S/C22H23F5N6O2S/c1-12-4-5-19(15(23)8-12)33-11-18(29-13(33)2)20-14(22(25,26)27)9-28-21(31-20)30-17-6-7-32(10-16(17)24)36(3,34)35/h4-5,8-9,11,16-17H,6-7,10H2,1-3H3,(H,28,30,31). The van der Waals surface area contributed by atoms with Crippen LogP contribution in [-0.4, -0.2) is 63.8 Å². The van der Waals surface area contributed by atoms with Gasteiger partial charge in [-0.2, -0.15) is 17.5 Å². The Morgan fingerprint density at radius 2 is 1.89 bits per heavy atom. The molecule has 1 N–H and O–H groups in total. The van der Waals surface area contributed by atoms with E-state index in [1.54, 1.807) is 13.0 Å². The summed E-state index contributed by atoms with van der Waals surface area (Å²) in [6, 6.07) is 3.54. The van der Waals surface area contributed by atoms with Crippen LogP contribution < -0.4 is 5.32 Å². The Labute approximate surface area is 204 Å². The van der Waals surface area contributed by atoms with Crippen molar-refractivity contribution in [1.82, 2.24) is 23.8 Å². The van der Waals surface area contributed by atoms with Gasteiger partial charge in [-0.05, 0) is 38.0 Å². The van der Waals surface area contributed by atoms with Gasteiger partial charge in [0.05, 0.1) is 18.0 Å². The molecule has 8 nitrogen and oxygen atoms in total. The lowest BCUT2D eigenvalue weighted by molar-refractivity contribution is -0.137.